The number of ketones is 1. The van der Waals surface area contributed by atoms with E-state index in [0.29, 0.717) is 19.3 Å². The summed E-state index contributed by atoms with van der Waals surface area (Å²) in [4.78, 5) is 37.5. The molecule has 0 aliphatic heterocycles. The van der Waals surface area contributed by atoms with Crippen molar-refractivity contribution in [1.29, 1.82) is 0 Å². The topological polar surface area (TPSA) is 99.1 Å². The Morgan fingerprint density at radius 2 is 2.03 bits per heavy atom. The quantitative estimate of drug-likeness (QED) is 0.381. The van der Waals surface area contributed by atoms with Gasteiger partial charge in [0.25, 0.3) is 0 Å². The molecule has 4 aliphatic rings. The van der Waals surface area contributed by atoms with Gasteiger partial charge in [-0.25, -0.2) is 9.59 Å². The van der Waals surface area contributed by atoms with Crippen LogP contribution in [-0.2, 0) is 23.8 Å². The normalized spacial score (nSPS) is 42.3. The van der Waals surface area contributed by atoms with Crippen LogP contribution in [0.3, 0.4) is 0 Å². The molecule has 7 atom stereocenters. The molecule has 4 rings (SSSR count). The summed E-state index contributed by atoms with van der Waals surface area (Å²) in [5, 5.41) is 11.5. The van der Waals surface area contributed by atoms with Crippen LogP contribution in [0, 0.1) is 28.6 Å². The lowest BCUT2D eigenvalue weighted by Crippen LogP contribution is -2.62. The first-order valence-electron chi connectivity index (χ1n) is 11.3. The molecule has 176 valence electrons. The standard InChI is InChI=1S/C24H31ClO7/c1-4-30-21(29)32-24(20(28)31-13-25)10-8-17-16-6-5-14-11-15(26)7-9-22(14,2)19(16)18(27)12-23(17,24)3/h5,7,9,16-19,27H,4,6,8,10-13H2,1-3H3. The van der Waals surface area contributed by atoms with Gasteiger partial charge in [-0.15, -0.1) is 0 Å². The minimum absolute atomic E-state index is 0.00820. The van der Waals surface area contributed by atoms with E-state index in [1.807, 2.05) is 13.0 Å². The highest BCUT2D eigenvalue weighted by atomic mass is 35.5. The van der Waals surface area contributed by atoms with Gasteiger partial charge in [-0.2, -0.15) is 0 Å². The molecule has 0 heterocycles. The average Bonchev–Trinajstić information content (AvgIpc) is 3.01. The number of hydrogen-bond acceptors (Lipinski definition) is 7. The SMILES string of the molecule is CCOC(=O)OC1(C(=O)OCCl)CCC2C3CC=C4CC(=O)C=CC4(C)C3C(O)CC21C. The van der Waals surface area contributed by atoms with Crippen molar-refractivity contribution in [3.63, 3.8) is 0 Å². The molecule has 0 saturated heterocycles. The third-order valence-electron chi connectivity index (χ3n) is 8.61. The molecule has 0 aromatic carbocycles. The van der Waals surface area contributed by atoms with Crippen molar-refractivity contribution < 1.29 is 33.7 Å². The lowest BCUT2D eigenvalue weighted by atomic mass is 9.47. The predicted molar refractivity (Wildman–Crippen MR) is 116 cm³/mol. The molecule has 0 spiro atoms. The molecule has 7 unspecified atom stereocenters. The Labute approximate surface area is 193 Å². The summed E-state index contributed by atoms with van der Waals surface area (Å²) < 4.78 is 15.9. The molecule has 0 radical (unpaired) electrons. The first kappa shape index (κ1) is 23.3. The Kier molecular flexibility index (Phi) is 5.95. The number of hydrogen-bond donors (Lipinski definition) is 1. The van der Waals surface area contributed by atoms with Gasteiger partial charge in [0, 0.05) is 23.2 Å². The van der Waals surface area contributed by atoms with Crippen molar-refractivity contribution >= 4 is 29.5 Å². The van der Waals surface area contributed by atoms with Crippen LogP contribution in [-0.4, -0.2) is 47.4 Å². The molecule has 0 aromatic rings. The fourth-order valence-corrected chi connectivity index (χ4v) is 7.32. The summed E-state index contributed by atoms with van der Waals surface area (Å²) in [6, 6.07) is -0.356. The van der Waals surface area contributed by atoms with Crippen LogP contribution in [0.25, 0.3) is 0 Å². The van der Waals surface area contributed by atoms with E-state index >= 15 is 0 Å². The molecule has 8 heteroatoms. The number of aliphatic hydroxyl groups excluding tert-OH is 1. The van der Waals surface area contributed by atoms with Crippen molar-refractivity contribution in [2.24, 2.45) is 28.6 Å². The van der Waals surface area contributed by atoms with Gasteiger partial charge < -0.3 is 19.3 Å². The van der Waals surface area contributed by atoms with E-state index in [1.54, 1.807) is 13.0 Å². The number of halogens is 1. The highest BCUT2D eigenvalue weighted by Crippen LogP contribution is 2.67. The maximum Gasteiger partial charge on any atom is 0.509 e. The summed E-state index contributed by atoms with van der Waals surface area (Å²) in [6.45, 7) is 5.77. The van der Waals surface area contributed by atoms with Crippen molar-refractivity contribution in [3.05, 3.63) is 23.8 Å². The van der Waals surface area contributed by atoms with Crippen LogP contribution < -0.4 is 0 Å². The smallest absolute Gasteiger partial charge is 0.446 e. The van der Waals surface area contributed by atoms with Gasteiger partial charge in [-0.3, -0.25) is 4.79 Å². The predicted octanol–water partition coefficient (Wildman–Crippen LogP) is 3.92. The van der Waals surface area contributed by atoms with Gasteiger partial charge >= 0.3 is 12.1 Å². The number of carbonyl (C=O) groups is 3. The maximum atomic E-state index is 13.2. The Balaban J connectivity index is 1.74. The van der Waals surface area contributed by atoms with Crippen LogP contribution in [0.2, 0.25) is 0 Å². The zero-order valence-corrected chi connectivity index (χ0v) is 19.5. The fraction of sp³-hybridized carbons (Fsp3) is 0.708. The van der Waals surface area contributed by atoms with Crippen LogP contribution in [0.5, 0.6) is 0 Å². The third-order valence-corrected chi connectivity index (χ3v) is 8.72. The monoisotopic (exact) mass is 466 g/mol. The summed E-state index contributed by atoms with van der Waals surface area (Å²) >= 11 is 5.69. The summed E-state index contributed by atoms with van der Waals surface area (Å²) in [6.07, 6.45) is 6.28. The number of esters is 1. The van der Waals surface area contributed by atoms with E-state index in [4.69, 9.17) is 25.8 Å². The van der Waals surface area contributed by atoms with Gasteiger partial charge in [0.05, 0.1) is 12.7 Å². The molecule has 0 aromatic heterocycles. The highest BCUT2D eigenvalue weighted by molar-refractivity contribution is 6.17. The van der Waals surface area contributed by atoms with Crippen molar-refractivity contribution in [2.45, 2.75) is 64.6 Å². The second kappa shape index (κ2) is 8.17. The lowest BCUT2D eigenvalue weighted by molar-refractivity contribution is -0.198. The third kappa shape index (κ3) is 3.23. The minimum Gasteiger partial charge on any atom is -0.446 e. The minimum atomic E-state index is -1.58. The highest BCUT2D eigenvalue weighted by Gasteiger charge is 2.71. The van der Waals surface area contributed by atoms with Crippen LogP contribution in [0.4, 0.5) is 4.79 Å². The average molecular weight is 467 g/mol. The Morgan fingerprint density at radius 1 is 1.28 bits per heavy atom. The Hall–Kier alpha value is -1.86. The van der Waals surface area contributed by atoms with Crippen LogP contribution in [0.1, 0.15) is 52.9 Å². The molecule has 2 saturated carbocycles. The van der Waals surface area contributed by atoms with E-state index < -0.39 is 34.7 Å². The molecule has 7 nitrogen and oxygen atoms in total. The van der Waals surface area contributed by atoms with Crippen molar-refractivity contribution in [3.8, 4) is 0 Å². The number of carbonyl (C=O) groups excluding carboxylic acids is 3. The fourth-order valence-electron chi connectivity index (χ4n) is 7.22. The molecule has 2 fully saturated rings. The Bertz CT molecular complexity index is 882. The number of rotatable bonds is 4. The zero-order valence-electron chi connectivity index (χ0n) is 18.8. The summed E-state index contributed by atoms with van der Waals surface area (Å²) in [7, 11) is 0. The summed E-state index contributed by atoms with van der Waals surface area (Å²) in [5.74, 6) is -0.639. The van der Waals surface area contributed by atoms with Crippen LogP contribution >= 0.6 is 11.6 Å². The van der Waals surface area contributed by atoms with E-state index in [-0.39, 0.29) is 49.1 Å². The molecular weight excluding hydrogens is 436 g/mol. The largest absolute Gasteiger partial charge is 0.509 e. The van der Waals surface area contributed by atoms with Gasteiger partial charge in [-0.1, -0.05) is 43.2 Å². The second-order valence-corrected chi connectivity index (χ2v) is 10.1. The van der Waals surface area contributed by atoms with Crippen molar-refractivity contribution in [1.82, 2.24) is 0 Å². The number of fused-ring (bicyclic) bond motifs is 5. The second-order valence-electron chi connectivity index (χ2n) is 9.90. The molecule has 0 amide bonds. The van der Waals surface area contributed by atoms with E-state index in [9.17, 15) is 19.5 Å². The number of ether oxygens (including phenoxy) is 3. The maximum absolute atomic E-state index is 13.2. The zero-order chi connectivity index (χ0) is 23.3. The van der Waals surface area contributed by atoms with E-state index in [0.717, 1.165) is 5.57 Å². The van der Waals surface area contributed by atoms with Gasteiger partial charge in [-0.05, 0) is 50.5 Å². The first-order chi connectivity index (χ1) is 15.1. The summed E-state index contributed by atoms with van der Waals surface area (Å²) in [5.41, 5.74) is -1.78. The van der Waals surface area contributed by atoms with Gasteiger partial charge in [0.15, 0.2) is 11.8 Å². The Morgan fingerprint density at radius 3 is 2.72 bits per heavy atom. The molecule has 0 bridgehead atoms. The van der Waals surface area contributed by atoms with Crippen LogP contribution in [0.15, 0.2) is 23.8 Å². The van der Waals surface area contributed by atoms with Gasteiger partial charge in [0.1, 0.15) is 0 Å². The molecule has 1 N–H and O–H groups in total. The van der Waals surface area contributed by atoms with E-state index in [1.165, 1.54) is 0 Å². The molecular formula is C24H31ClO7. The number of alkyl halides is 1. The first-order valence-corrected chi connectivity index (χ1v) is 11.8. The lowest BCUT2D eigenvalue weighted by Gasteiger charge is -2.58. The van der Waals surface area contributed by atoms with Gasteiger partial charge in [0.2, 0.25) is 5.60 Å². The van der Waals surface area contributed by atoms with Crippen molar-refractivity contribution in [2.75, 3.05) is 12.7 Å². The van der Waals surface area contributed by atoms with E-state index in [2.05, 4.69) is 13.0 Å². The number of allylic oxidation sites excluding steroid dienone is 4. The molecule has 32 heavy (non-hydrogen) atoms. The number of aliphatic hydroxyl groups is 1. The molecule has 4 aliphatic carbocycles.